The van der Waals surface area contributed by atoms with Crippen LogP contribution in [-0.2, 0) is 17.8 Å². The lowest BCUT2D eigenvalue weighted by atomic mass is 10.1. The largest absolute Gasteiger partial charge is 0.494 e. The number of rotatable bonds is 10. The topological polar surface area (TPSA) is 199 Å². The Morgan fingerprint density at radius 3 is 2.04 bits per heavy atom. The number of carbonyl (C=O) groups is 2. The third-order valence-electron chi connectivity index (χ3n) is 7.00. The van der Waals surface area contributed by atoms with E-state index in [9.17, 15) is 14.7 Å². The monoisotopic (exact) mass is 748 g/mol. The molecule has 0 bridgehead atoms. The number of carboxylic acids is 1. The first-order valence-corrected chi connectivity index (χ1v) is 13.5. The second-order valence-corrected chi connectivity index (χ2v) is 9.72. The van der Waals surface area contributed by atoms with Crippen molar-refractivity contribution in [2.75, 3.05) is 58.0 Å². The highest BCUT2D eigenvalue weighted by Gasteiger charge is 2.18. The smallest absolute Gasteiger partial charge is 0.335 e. The van der Waals surface area contributed by atoms with Gasteiger partial charge >= 0.3 is 5.97 Å². The van der Waals surface area contributed by atoms with Crippen molar-refractivity contribution in [2.45, 2.75) is 13.1 Å². The molecule has 1 fully saturated rings. The molecule has 3 heterocycles. The molecule has 1 aliphatic heterocycles. The normalized spacial score (nSPS) is 13.2. The first-order chi connectivity index (χ1) is 20.8. The van der Waals surface area contributed by atoms with E-state index in [1.165, 1.54) is 19.2 Å². The average molecular weight is 750 g/mol. The molecule has 1 saturated heterocycles. The first-order valence-electron chi connectivity index (χ1n) is 13.5. The number of nitrogen functional groups attached to an aromatic ring is 2. The van der Waals surface area contributed by atoms with E-state index in [2.05, 4.69) is 26.7 Å². The highest BCUT2D eigenvalue weighted by Crippen LogP contribution is 2.31. The average Bonchev–Trinajstić information content (AvgIpc) is 3.49. The predicted octanol–water partition coefficient (Wildman–Crippen LogP) is 2.48. The van der Waals surface area contributed by atoms with Crippen molar-refractivity contribution in [3.05, 3.63) is 47.5 Å². The minimum atomic E-state index is -1.09. The maximum atomic E-state index is 12.0. The quantitative estimate of drug-likeness (QED) is 0.137. The Balaban J connectivity index is 0.00000276. The number of amides is 1. The summed E-state index contributed by atoms with van der Waals surface area (Å²) in [5.41, 5.74) is 20.3. The molecule has 2 aromatic carbocycles. The molecule has 2 aromatic heterocycles. The van der Waals surface area contributed by atoms with Gasteiger partial charge in [0, 0.05) is 31.7 Å². The van der Waals surface area contributed by atoms with Crippen LogP contribution in [0.4, 0.5) is 11.9 Å². The lowest BCUT2D eigenvalue weighted by Gasteiger charge is -2.24. The number of carbonyl (C=O) groups excluding carboxylic acids is 1. The van der Waals surface area contributed by atoms with Crippen molar-refractivity contribution in [1.29, 1.82) is 0 Å². The number of nitrogens with zero attached hydrogens (tertiary/aromatic N) is 5. The number of morpholine rings is 1. The Hall–Kier alpha value is -4.30. The number of imidazole rings is 2. The van der Waals surface area contributed by atoms with Crippen LogP contribution in [0.2, 0.25) is 0 Å². The van der Waals surface area contributed by atoms with Crippen LogP contribution in [-0.4, -0.2) is 87.5 Å². The lowest BCUT2D eigenvalue weighted by molar-refractivity contribution is 0.0443. The van der Waals surface area contributed by atoms with Crippen LogP contribution in [0.15, 0.2) is 36.4 Å². The summed E-state index contributed by atoms with van der Waals surface area (Å²) in [6, 6.07) is 6.01. The number of aromatic nitrogens is 4. The molecule has 1 aliphatic rings. The van der Waals surface area contributed by atoms with Gasteiger partial charge in [-0.3, -0.25) is 9.69 Å². The van der Waals surface area contributed by atoms with E-state index < -0.39 is 11.9 Å². The van der Waals surface area contributed by atoms with Crippen molar-refractivity contribution in [3.8, 4) is 23.3 Å². The van der Waals surface area contributed by atoms with Crippen LogP contribution in [0.5, 0.6) is 11.5 Å². The van der Waals surface area contributed by atoms with Gasteiger partial charge in [0.05, 0.1) is 43.5 Å². The van der Waals surface area contributed by atoms with Crippen LogP contribution in [0.1, 0.15) is 20.7 Å². The van der Waals surface area contributed by atoms with E-state index in [0.29, 0.717) is 66.4 Å². The molecule has 1 amide bonds. The van der Waals surface area contributed by atoms with Gasteiger partial charge in [0.25, 0.3) is 0 Å². The zero-order chi connectivity index (χ0) is 30.5. The zero-order valence-corrected chi connectivity index (χ0v) is 27.8. The van der Waals surface area contributed by atoms with Gasteiger partial charge in [0.1, 0.15) is 29.1 Å². The molecule has 16 heteroatoms. The number of benzene rings is 2. The summed E-state index contributed by atoms with van der Waals surface area (Å²) >= 11 is 0. The fraction of sp³-hybridized carbons (Fsp3) is 0.310. The number of halogens is 2. The van der Waals surface area contributed by atoms with Gasteiger partial charge in [0.15, 0.2) is 0 Å². The molecule has 0 unspecified atom stereocenters. The number of methoxy groups -OCH3 is 1. The summed E-state index contributed by atoms with van der Waals surface area (Å²) in [5.74, 6) is 5.57. The maximum Gasteiger partial charge on any atom is 0.335 e. The molecule has 0 spiro atoms. The molecule has 0 saturated carbocycles. The van der Waals surface area contributed by atoms with Crippen molar-refractivity contribution in [2.24, 2.45) is 5.73 Å². The molecular formula is C29H34Br2N8O6. The van der Waals surface area contributed by atoms with Gasteiger partial charge in [-0.1, -0.05) is 24.0 Å². The number of aromatic carboxylic acids is 1. The van der Waals surface area contributed by atoms with Gasteiger partial charge in [-0.2, -0.15) is 0 Å². The fourth-order valence-corrected chi connectivity index (χ4v) is 4.85. The third-order valence-corrected chi connectivity index (χ3v) is 7.00. The summed E-state index contributed by atoms with van der Waals surface area (Å²) in [5, 5.41) is 9.39. The Kier molecular flexibility index (Phi) is 12.2. The number of carboxylic acid groups (broad SMARTS) is 1. The lowest BCUT2D eigenvalue weighted by Crippen LogP contribution is -2.36. The summed E-state index contributed by atoms with van der Waals surface area (Å²) in [6.07, 6.45) is 3.73. The van der Waals surface area contributed by atoms with Gasteiger partial charge in [0.2, 0.25) is 17.8 Å². The standard InChI is InChI=1S/C29H32N8O6.2BrH/c1-41-22-17-19(27(39)40)15-21-24(22)36(28(31)34-21)7-2-3-8-37-25-20(33-29(37)32)14-18(26(30)38)16-23(25)43-11-5-4-6-35-9-12-42-13-10-35;;/h2-3,14-17H,6-13H2,1H3,(H2,30,38)(H2,31,34)(H2,32,33)(H,39,40);2*1H/b3-2+;;. The number of fused-ring (bicyclic) bond motifs is 2. The van der Waals surface area contributed by atoms with Crippen LogP contribution in [0.3, 0.4) is 0 Å². The maximum absolute atomic E-state index is 12.0. The van der Waals surface area contributed by atoms with Gasteiger partial charge in [-0.05, 0) is 24.3 Å². The van der Waals surface area contributed by atoms with E-state index in [-0.39, 0.29) is 63.6 Å². The van der Waals surface area contributed by atoms with Gasteiger partial charge in [-0.15, -0.1) is 34.0 Å². The van der Waals surface area contributed by atoms with E-state index in [4.69, 9.17) is 31.4 Å². The van der Waals surface area contributed by atoms with Gasteiger partial charge in [-0.25, -0.2) is 14.8 Å². The first kappa shape index (κ1) is 35.2. The van der Waals surface area contributed by atoms with E-state index >= 15 is 0 Å². The number of hydrogen-bond acceptors (Lipinski definition) is 10. The predicted molar refractivity (Wildman–Crippen MR) is 181 cm³/mol. The molecule has 4 aromatic rings. The van der Waals surface area contributed by atoms with E-state index in [0.717, 1.165) is 13.1 Å². The van der Waals surface area contributed by atoms with Gasteiger partial charge < -0.3 is 45.7 Å². The van der Waals surface area contributed by atoms with Crippen LogP contribution < -0.4 is 26.7 Å². The molecule has 5 rings (SSSR count). The van der Waals surface area contributed by atoms with Crippen molar-refractivity contribution in [1.82, 2.24) is 24.0 Å². The molecule has 14 nitrogen and oxygen atoms in total. The third kappa shape index (κ3) is 7.87. The SMILES string of the molecule is Br.Br.COc1cc(C(=O)O)cc2nc(N)n(C/C=C/Cn3c(N)nc4cc(C(N)=O)cc(OCC#CCN5CCOCC5)c43)c12. The summed E-state index contributed by atoms with van der Waals surface area (Å²) in [6.45, 7) is 4.44. The molecule has 7 N–H and O–H groups in total. The molecule has 0 aliphatic carbocycles. The van der Waals surface area contributed by atoms with Crippen LogP contribution in [0.25, 0.3) is 22.1 Å². The van der Waals surface area contributed by atoms with Crippen LogP contribution >= 0.6 is 34.0 Å². The Morgan fingerprint density at radius 1 is 0.933 bits per heavy atom. The second-order valence-electron chi connectivity index (χ2n) is 9.72. The Labute approximate surface area is 279 Å². The number of ether oxygens (including phenoxy) is 3. The number of anilines is 2. The Morgan fingerprint density at radius 2 is 1.49 bits per heavy atom. The van der Waals surface area contributed by atoms with Crippen molar-refractivity contribution in [3.63, 3.8) is 0 Å². The molecular weight excluding hydrogens is 716 g/mol. The highest BCUT2D eigenvalue weighted by atomic mass is 79.9. The zero-order valence-electron chi connectivity index (χ0n) is 24.4. The molecule has 45 heavy (non-hydrogen) atoms. The Bertz CT molecular complexity index is 1790. The van der Waals surface area contributed by atoms with E-state index in [1.807, 2.05) is 12.2 Å². The molecule has 0 atom stereocenters. The molecule has 240 valence electrons. The number of allylic oxidation sites excluding steroid dienone is 2. The number of hydrogen-bond donors (Lipinski definition) is 4. The minimum Gasteiger partial charge on any atom is -0.494 e. The van der Waals surface area contributed by atoms with Crippen molar-refractivity contribution >= 4 is 79.8 Å². The van der Waals surface area contributed by atoms with Crippen molar-refractivity contribution < 1.29 is 28.9 Å². The second kappa shape index (κ2) is 15.6. The molecule has 0 radical (unpaired) electrons. The minimum absolute atomic E-state index is 0. The summed E-state index contributed by atoms with van der Waals surface area (Å²) in [7, 11) is 1.45. The van der Waals surface area contributed by atoms with Crippen LogP contribution in [0, 0.1) is 11.8 Å². The number of primary amides is 1. The van der Waals surface area contributed by atoms with E-state index in [1.54, 1.807) is 21.3 Å². The fourth-order valence-electron chi connectivity index (χ4n) is 4.85. The summed E-state index contributed by atoms with van der Waals surface area (Å²) in [4.78, 5) is 34.4. The summed E-state index contributed by atoms with van der Waals surface area (Å²) < 4.78 is 20.2. The number of nitrogens with two attached hydrogens (primary N) is 3. The highest BCUT2D eigenvalue weighted by molar-refractivity contribution is 8.93.